The summed E-state index contributed by atoms with van der Waals surface area (Å²) in [4.78, 5) is 0. The molecule has 1 fully saturated rings. The second-order valence-corrected chi connectivity index (χ2v) is 6.10. The zero-order valence-corrected chi connectivity index (χ0v) is 11.4. The topological polar surface area (TPSA) is 46.2 Å². The molecule has 2 nitrogen and oxygen atoms in total. The number of nitrogens with two attached hydrogens (primary N) is 1. The monoisotopic (exact) mass is 265 g/mol. The van der Waals surface area contributed by atoms with Crippen molar-refractivity contribution < 1.29 is 5.11 Å². The highest BCUT2D eigenvalue weighted by atomic mass is 16.3. The van der Waals surface area contributed by atoms with E-state index in [4.69, 9.17) is 5.73 Å². The quantitative estimate of drug-likeness (QED) is 0.764. The Hall–Kier alpha value is -1.64. The van der Waals surface area contributed by atoms with Gasteiger partial charge in [0.15, 0.2) is 0 Å². The maximum absolute atomic E-state index is 10.2. The Kier molecular flexibility index (Phi) is 2.69. The Balaban J connectivity index is 1.68. The van der Waals surface area contributed by atoms with Crippen molar-refractivity contribution >= 4 is 0 Å². The first-order valence-corrected chi connectivity index (χ1v) is 7.39. The van der Waals surface area contributed by atoms with Gasteiger partial charge in [-0.25, -0.2) is 0 Å². The zero-order valence-electron chi connectivity index (χ0n) is 11.4. The summed E-state index contributed by atoms with van der Waals surface area (Å²) in [5.41, 5.74) is 12.7. The van der Waals surface area contributed by atoms with Crippen LogP contribution in [0.15, 0.2) is 42.5 Å². The first-order chi connectivity index (χ1) is 9.74. The van der Waals surface area contributed by atoms with Crippen LogP contribution in [0.4, 0.5) is 0 Å². The smallest absolute Gasteiger partial charge is 0.0760 e. The first kappa shape index (κ1) is 12.1. The number of benzene rings is 2. The van der Waals surface area contributed by atoms with E-state index in [9.17, 15) is 5.11 Å². The molecule has 102 valence electrons. The molecule has 0 radical (unpaired) electrons. The summed E-state index contributed by atoms with van der Waals surface area (Å²) in [7, 11) is 0. The molecule has 0 amide bonds. The number of aliphatic hydroxyl groups excluding tert-OH is 1. The van der Waals surface area contributed by atoms with E-state index in [0.29, 0.717) is 5.92 Å². The minimum Gasteiger partial charge on any atom is -0.391 e. The molecule has 2 aromatic carbocycles. The summed E-state index contributed by atoms with van der Waals surface area (Å²) in [6.45, 7) is 0. The molecule has 0 aliphatic heterocycles. The van der Waals surface area contributed by atoms with Gasteiger partial charge in [-0.05, 0) is 53.0 Å². The standard InChI is InChI=1S/C18H19NO/c19-17(18(20)11-5-6-11)13-7-8-16-14(10-13)9-12-3-1-2-4-15(12)16/h1-4,7-8,10-11,17-18,20H,5-6,9,19H2/t17-,18+/m0/s1. The molecular formula is C18H19NO. The summed E-state index contributed by atoms with van der Waals surface area (Å²) in [5, 5.41) is 10.2. The fraction of sp³-hybridized carbons (Fsp3) is 0.333. The van der Waals surface area contributed by atoms with E-state index in [2.05, 4.69) is 42.5 Å². The predicted octanol–water partition coefficient (Wildman–Crippen LogP) is 3.03. The molecule has 20 heavy (non-hydrogen) atoms. The second kappa shape index (κ2) is 4.44. The Morgan fingerprint density at radius 2 is 1.75 bits per heavy atom. The van der Waals surface area contributed by atoms with Crippen molar-refractivity contribution in [2.45, 2.75) is 31.4 Å². The molecule has 2 heteroatoms. The highest BCUT2D eigenvalue weighted by Gasteiger charge is 2.34. The molecule has 3 N–H and O–H groups in total. The number of fused-ring (bicyclic) bond motifs is 3. The van der Waals surface area contributed by atoms with Crippen molar-refractivity contribution in [3.8, 4) is 11.1 Å². The van der Waals surface area contributed by atoms with Gasteiger partial charge in [0.25, 0.3) is 0 Å². The molecule has 1 saturated carbocycles. The second-order valence-electron chi connectivity index (χ2n) is 6.10. The van der Waals surface area contributed by atoms with Crippen molar-refractivity contribution in [3.63, 3.8) is 0 Å². The number of hydrogen-bond donors (Lipinski definition) is 2. The van der Waals surface area contributed by atoms with E-state index in [1.807, 2.05) is 0 Å². The average molecular weight is 265 g/mol. The number of hydrogen-bond acceptors (Lipinski definition) is 2. The fourth-order valence-corrected chi connectivity index (χ4v) is 3.30. The van der Waals surface area contributed by atoms with E-state index in [-0.39, 0.29) is 6.04 Å². The minimum absolute atomic E-state index is 0.253. The van der Waals surface area contributed by atoms with Crippen molar-refractivity contribution in [1.29, 1.82) is 0 Å². The largest absolute Gasteiger partial charge is 0.391 e. The highest BCUT2D eigenvalue weighted by molar-refractivity contribution is 5.77. The molecule has 2 atom stereocenters. The third-order valence-electron chi connectivity index (χ3n) is 4.68. The molecule has 0 heterocycles. The van der Waals surface area contributed by atoms with Crippen LogP contribution in [0.25, 0.3) is 11.1 Å². The summed E-state index contributed by atoms with van der Waals surface area (Å²) in [6, 6.07) is 14.7. The molecule has 2 aromatic rings. The van der Waals surface area contributed by atoms with Crippen LogP contribution in [0.5, 0.6) is 0 Å². The van der Waals surface area contributed by atoms with E-state index in [0.717, 1.165) is 24.8 Å². The van der Waals surface area contributed by atoms with Crippen molar-refractivity contribution in [2.75, 3.05) is 0 Å². The van der Waals surface area contributed by atoms with Gasteiger partial charge >= 0.3 is 0 Å². The lowest BCUT2D eigenvalue weighted by Gasteiger charge is -2.19. The predicted molar refractivity (Wildman–Crippen MR) is 80.3 cm³/mol. The molecule has 0 spiro atoms. The maximum Gasteiger partial charge on any atom is 0.0760 e. The normalized spacial score (nSPS) is 19.3. The van der Waals surface area contributed by atoms with E-state index in [1.54, 1.807) is 0 Å². The van der Waals surface area contributed by atoms with Crippen LogP contribution in [-0.2, 0) is 6.42 Å². The lowest BCUT2D eigenvalue weighted by molar-refractivity contribution is 0.122. The summed E-state index contributed by atoms with van der Waals surface area (Å²) >= 11 is 0. The van der Waals surface area contributed by atoms with Crippen molar-refractivity contribution in [1.82, 2.24) is 0 Å². The third-order valence-corrected chi connectivity index (χ3v) is 4.68. The maximum atomic E-state index is 10.2. The van der Waals surface area contributed by atoms with Gasteiger partial charge in [-0.3, -0.25) is 0 Å². The van der Waals surface area contributed by atoms with Gasteiger partial charge in [0.05, 0.1) is 12.1 Å². The van der Waals surface area contributed by atoms with Gasteiger partial charge in [-0.15, -0.1) is 0 Å². The fourth-order valence-electron chi connectivity index (χ4n) is 3.30. The van der Waals surface area contributed by atoms with Gasteiger partial charge in [0, 0.05) is 0 Å². The lowest BCUT2D eigenvalue weighted by atomic mass is 9.95. The van der Waals surface area contributed by atoms with Gasteiger partial charge in [0.2, 0.25) is 0 Å². The zero-order chi connectivity index (χ0) is 13.7. The van der Waals surface area contributed by atoms with Crippen molar-refractivity contribution in [3.05, 3.63) is 59.2 Å². The van der Waals surface area contributed by atoms with E-state index in [1.165, 1.54) is 22.3 Å². The summed E-state index contributed by atoms with van der Waals surface area (Å²) < 4.78 is 0. The minimum atomic E-state index is -0.392. The molecule has 2 aliphatic rings. The van der Waals surface area contributed by atoms with Crippen LogP contribution in [0.2, 0.25) is 0 Å². The number of aliphatic hydroxyl groups is 1. The van der Waals surface area contributed by atoms with E-state index >= 15 is 0 Å². The molecule has 0 aromatic heterocycles. The molecule has 4 rings (SSSR count). The van der Waals surface area contributed by atoms with Gasteiger partial charge in [0.1, 0.15) is 0 Å². The Morgan fingerprint density at radius 1 is 1.00 bits per heavy atom. The molecule has 2 aliphatic carbocycles. The van der Waals surface area contributed by atoms with Crippen LogP contribution in [-0.4, -0.2) is 11.2 Å². The molecular weight excluding hydrogens is 246 g/mol. The summed E-state index contributed by atoms with van der Waals surface area (Å²) in [5.74, 6) is 0.412. The van der Waals surface area contributed by atoms with Crippen LogP contribution in [0.1, 0.15) is 35.6 Å². The third kappa shape index (κ3) is 1.88. The number of rotatable bonds is 3. The lowest BCUT2D eigenvalue weighted by Crippen LogP contribution is -2.27. The van der Waals surface area contributed by atoms with Gasteiger partial charge in [-0.1, -0.05) is 42.5 Å². The molecule has 0 saturated heterocycles. The first-order valence-electron chi connectivity index (χ1n) is 7.39. The van der Waals surface area contributed by atoms with Crippen molar-refractivity contribution in [2.24, 2.45) is 11.7 Å². The molecule has 0 unspecified atom stereocenters. The summed E-state index contributed by atoms with van der Waals surface area (Å²) in [6.07, 6.45) is 2.82. The van der Waals surface area contributed by atoms with E-state index < -0.39 is 6.10 Å². The van der Waals surface area contributed by atoms with Crippen LogP contribution < -0.4 is 5.73 Å². The Morgan fingerprint density at radius 3 is 2.55 bits per heavy atom. The van der Waals surface area contributed by atoms with Crippen LogP contribution in [0.3, 0.4) is 0 Å². The SMILES string of the molecule is N[C@@H](c1ccc2c(c1)Cc1ccccc1-2)[C@H](O)C1CC1. The Labute approximate surface area is 119 Å². The van der Waals surface area contributed by atoms with Gasteiger partial charge < -0.3 is 10.8 Å². The Bertz CT molecular complexity index is 660. The average Bonchev–Trinajstić information content (AvgIpc) is 3.26. The van der Waals surface area contributed by atoms with Crippen LogP contribution in [0, 0.1) is 5.92 Å². The van der Waals surface area contributed by atoms with Crippen LogP contribution >= 0.6 is 0 Å². The van der Waals surface area contributed by atoms with Gasteiger partial charge in [-0.2, -0.15) is 0 Å². The molecule has 0 bridgehead atoms. The highest BCUT2D eigenvalue weighted by Crippen LogP contribution is 2.40.